The monoisotopic (exact) mass is 758 g/mol. The van der Waals surface area contributed by atoms with E-state index < -0.39 is 0 Å². The van der Waals surface area contributed by atoms with Crippen molar-refractivity contribution in [1.29, 1.82) is 0 Å². The van der Waals surface area contributed by atoms with Crippen molar-refractivity contribution in [3.63, 3.8) is 0 Å². The van der Waals surface area contributed by atoms with Crippen LogP contribution in [0.2, 0.25) is 0 Å². The van der Waals surface area contributed by atoms with Gasteiger partial charge < -0.3 is 0 Å². The summed E-state index contributed by atoms with van der Waals surface area (Å²) in [4.78, 5) is 1.42. The second-order valence-corrected chi connectivity index (χ2v) is 16.2. The Kier molecular flexibility index (Phi) is 14.6. The van der Waals surface area contributed by atoms with Gasteiger partial charge in [0.1, 0.15) is 0 Å². The predicted molar refractivity (Wildman–Crippen MR) is 257 cm³/mol. The van der Waals surface area contributed by atoms with Crippen molar-refractivity contribution in [2.45, 2.75) is 122 Å². The molecule has 0 radical (unpaired) electrons. The van der Waals surface area contributed by atoms with Crippen LogP contribution in [0.5, 0.6) is 0 Å². The molecule has 4 aromatic carbocycles. The smallest absolute Gasteiger partial charge is 0.0393 e. The Balaban J connectivity index is 0.00000145. The number of allylic oxidation sites excluding steroid dienone is 14. The highest BCUT2D eigenvalue weighted by atomic mass is 32.1. The van der Waals surface area contributed by atoms with E-state index in [0.29, 0.717) is 5.92 Å². The van der Waals surface area contributed by atoms with E-state index in [-0.39, 0.29) is 0 Å². The lowest BCUT2D eigenvalue weighted by atomic mass is 9.74. The van der Waals surface area contributed by atoms with Crippen LogP contribution in [0, 0.1) is 26.7 Å². The van der Waals surface area contributed by atoms with Crippen LogP contribution in [0.1, 0.15) is 134 Å². The largest absolute Gasteiger partial charge is 0.135 e. The first kappa shape index (κ1) is 42.7. The maximum atomic E-state index is 2.59. The average molecular weight is 759 g/mol. The zero-order chi connectivity index (χ0) is 40.7. The van der Waals surface area contributed by atoms with Gasteiger partial charge in [-0.3, -0.25) is 0 Å². The van der Waals surface area contributed by atoms with Crippen LogP contribution >= 0.6 is 11.3 Å². The predicted octanol–water partition coefficient (Wildman–Crippen LogP) is 18.1. The molecule has 2 aliphatic rings. The van der Waals surface area contributed by atoms with Gasteiger partial charge in [0.15, 0.2) is 0 Å². The van der Waals surface area contributed by atoms with Crippen molar-refractivity contribution >= 4 is 59.7 Å². The summed E-state index contributed by atoms with van der Waals surface area (Å²) < 4.78 is 1.42. The maximum Gasteiger partial charge on any atom is 0.0393 e. The van der Waals surface area contributed by atoms with E-state index in [0.717, 1.165) is 32.1 Å². The van der Waals surface area contributed by atoms with Crippen molar-refractivity contribution in [3.05, 3.63) is 147 Å². The third-order valence-electron chi connectivity index (χ3n) is 11.8. The Morgan fingerprint density at radius 3 is 1.91 bits per heavy atom. The Morgan fingerprint density at radius 2 is 1.34 bits per heavy atom. The molecule has 0 amide bonds. The Morgan fingerprint density at radius 1 is 0.750 bits per heavy atom. The first-order chi connectivity index (χ1) is 27.2. The number of hydrogen-bond acceptors (Lipinski definition) is 1. The topological polar surface area (TPSA) is 0 Å². The van der Waals surface area contributed by atoms with Gasteiger partial charge in [-0.1, -0.05) is 137 Å². The quantitative estimate of drug-likeness (QED) is 0.109. The first-order valence-electron chi connectivity index (χ1n) is 21.4. The maximum absolute atomic E-state index is 2.59. The van der Waals surface area contributed by atoms with E-state index in [1.54, 1.807) is 0 Å². The minimum atomic E-state index is 0.491. The number of benzene rings is 4. The molecule has 0 saturated carbocycles. The van der Waals surface area contributed by atoms with Crippen LogP contribution in [-0.2, 0) is 0 Å². The van der Waals surface area contributed by atoms with Crippen molar-refractivity contribution in [1.82, 2.24) is 0 Å². The number of thiophene rings is 1. The molecule has 0 N–H and O–H groups in total. The molecule has 0 nitrogen and oxygen atoms in total. The van der Waals surface area contributed by atoms with Gasteiger partial charge in [0.2, 0.25) is 0 Å². The highest BCUT2D eigenvalue weighted by Crippen LogP contribution is 2.52. The summed E-state index contributed by atoms with van der Waals surface area (Å²) in [5, 5.41) is 6.88. The molecule has 5 aromatic rings. The summed E-state index contributed by atoms with van der Waals surface area (Å²) in [6, 6.07) is 18.6. The Bertz CT molecular complexity index is 2400. The van der Waals surface area contributed by atoms with Gasteiger partial charge in [0, 0.05) is 20.5 Å². The van der Waals surface area contributed by atoms with Gasteiger partial charge in [-0.25, -0.2) is 0 Å². The minimum absolute atomic E-state index is 0.491. The van der Waals surface area contributed by atoms with Crippen LogP contribution in [0.4, 0.5) is 0 Å². The molecular formula is C55H66S. The first-order valence-corrected chi connectivity index (χ1v) is 22.2. The van der Waals surface area contributed by atoms with Gasteiger partial charge >= 0.3 is 0 Å². The zero-order valence-corrected chi connectivity index (χ0v) is 37.6. The average Bonchev–Trinajstić information content (AvgIpc) is 3.64. The van der Waals surface area contributed by atoms with E-state index in [9.17, 15) is 0 Å². The molecule has 0 fully saturated rings. The molecular weight excluding hydrogens is 693 g/mol. The fourth-order valence-corrected chi connectivity index (χ4v) is 10.3. The van der Waals surface area contributed by atoms with Crippen LogP contribution in [0.15, 0.2) is 114 Å². The van der Waals surface area contributed by atoms with E-state index >= 15 is 0 Å². The summed E-state index contributed by atoms with van der Waals surface area (Å²) in [6.45, 7) is 28.6. The summed E-state index contributed by atoms with van der Waals surface area (Å²) in [7, 11) is 0. The van der Waals surface area contributed by atoms with Gasteiger partial charge in [-0.05, 0) is 176 Å². The second-order valence-electron chi connectivity index (χ2n) is 15.2. The molecule has 2 aliphatic carbocycles. The van der Waals surface area contributed by atoms with Crippen molar-refractivity contribution in [2.75, 3.05) is 0 Å². The lowest BCUT2D eigenvalue weighted by Crippen LogP contribution is -2.11. The van der Waals surface area contributed by atoms with Gasteiger partial charge in [0.25, 0.3) is 0 Å². The molecule has 1 heteroatoms. The van der Waals surface area contributed by atoms with E-state index in [4.69, 9.17) is 0 Å². The number of rotatable bonds is 8. The van der Waals surface area contributed by atoms with E-state index in [1.165, 1.54) is 109 Å². The van der Waals surface area contributed by atoms with Crippen LogP contribution < -0.4 is 0 Å². The lowest BCUT2D eigenvalue weighted by Gasteiger charge is -2.30. The summed E-state index contributed by atoms with van der Waals surface area (Å²) in [5.41, 5.74) is 18.5. The molecule has 1 atom stereocenters. The van der Waals surface area contributed by atoms with Gasteiger partial charge in [-0.15, -0.1) is 11.3 Å². The molecule has 0 bridgehead atoms. The molecule has 1 aromatic heterocycles. The highest BCUT2D eigenvalue weighted by Gasteiger charge is 2.29. The molecule has 292 valence electrons. The molecule has 0 spiro atoms. The van der Waals surface area contributed by atoms with Crippen molar-refractivity contribution < 1.29 is 0 Å². The highest BCUT2D eigenvalue weighted by molar-refractivity contribution is 7.20. The molecule has 1 unspecified atom stereocenters. The zero-order valence-electron chi connectivity index (χ0n) is 36.8. The minimum Gasteiger partial charge on any atom is -0.135 e. The Labute approximate surface area is 343 Å². The van der Waals surface area contributed by atoms with Crippen LogP contribution in [0.25, 0.3) is 59.5 Å². The standard InChI is InChI=1S/C51H54S.2C2H6/c1-10-12-13-14-15-22-37-29-38-23-16-17-24-39(38)44(30-37)48-40-25-18-20-27-42(40)49(43-28-21-19-26-41(43)48)46-34(7)35(8)47-45(32(5)11-2)50(33(6)31(3)4)52-51(47)36(46)9;2*1-2/h11-15,17-21,24-29,37H,10,16,22-23,30H2,1-9H3;2*1-2H3/b13-12-,15-14-,32-11+;;. The molecule has 1 heterocycles. The third kappa shape index (κ3) is 7.90. The Hall–Kier alpha value is -4.46. The summed E-state index contributed by atoms with van der Waals surface area (Å²) >= 11 is 1.99. The summed E-state index contributed by atoms with van der Waals surface area (Å²) in [6.07, 6.45) is 24.2. The van der Waals surface area contributed by atoms with Crippen molar-refractivity contribution in [3.8, 4) is 11.1 Å². The van der Waals surface area contributed by atoms with E-state index in [2.05, 4.69) is 159 Å². The molecule has 56 heavy (non-hydrogen) atoms. The third-order valence-corrected chi connectivity index (χ3v) is 13.3. The van der Waals surface area contributed by atoms with Crippen molar-refractivity contribution in [2.24, 2.45) is 5.92 Å². The molecule has 7 rings (SSSR count). The molecule has 0 saturated heterocycles. The number of hydrogen-bond donors (Lipinski definition) is 0. The van der Waals surface area contributed by atoms with Gasteiger partial charge in [0.05, 0.1) is 0 Å². The fraction of sp³-hybridized carbons (Fsp3) is 0.345. The lowest BCUT2D eigenvalue weighted by molar-refractivity contribution is 0.663. The number of aryl methyl sites for hydroxylation is 2. The second kappa shape index (κ2) is 19.1. The van der Waals surface area contributed by atoms with Crippen LogP contribution in [-0.4, -0.2) is 0 Å². The SMILES string of the molecule is C/C=C(\C)c1c(C(C)=C(C)C)sc2c(C)c(-c3c4ccccc4c(C4=C5C=CCCC5=CC(C/C=C\C=C/CC)C4)c4ccccc34)c(C)c(C)c12.CC.CC. The number of fused-ring (bicyclic) bond motifs is 4. The van der Waals surface area contributed by atoms with Crippen LogP contribution in [0.3, 0.4) is 0 Å². The fourth-order valence-electron chi connectivity index (χ4n) is 8.73. The molecule has 0 aliphatic heterocycles. The van der Waals surface area contributed by atoms with E-state index in [1.807, 2.05) is 39.0 Å². The normalized spacial score (nSPS) is 15.6. The summed E-state index contributed by atoms with van der Waals surface area (Å²) in [5.74, 6) is 0.491. The van der Waals surface area contributed by atoms with Gasteiger partial charge in [-0.2, -0.15) is 0 Å².